The molecule has 0 heterocycles. The molecule has 0 radical (unpaired) electrons. The van der Waals surface area contributed by atoms with Gasteiger partial charge in [-0.2, -0.15) is 0 Å². The molecule has 0 saturated heterocycles. The summed E-state index contributed by atoms with van der Waals surface area (Å²) in [5, 5.41) is 8.72. The second kappa shape index (κ2) is 16.8. The lowest BCUT2D eigenvalue weighted by Gasteiger charge is -2.13. The van der Waals surface area contributed by atoms with Gasteiger partial charge in [0, 0.05) is 21.8 Å². The third-order valence-corrected chi connectivity index (χ3v) is 8.43. The van der Waals surface area contributed by atoms with Crippen molar-refractivity contribution in [3.05, 3.63) is 161 Å². The topological polar surface area (TPSA) is 96.5 Å². The van der Waals surface area contributed by atoms with Gasteiger partial charge in [-0.05, 0) is 84.1 Å². The largest absolute Gasteiger partial charge is 0.489 e. The molecule has 0 saturated carbocycles. The van der Waals surface area contributed by atoms with Gasteiger partial charge in [-0.25, -0.2) is 0 Å². The summed E-state index contributed by atoms with van der Waals surface area (Å²) in [6, 6.07) is 39.1. The van der Waals surface area contributed by atoms with E-state index >= 15 is 0 Å². The quantitative estimate of drug-likeness (QED) is 0.0877. The molecule has 8 heteroatoms. The van der Waals surface area contributed by atoms with Gasteiger partial charge in [0.15, 0.2) is 0 Å². The molecule has 48 heavy (non-hydrogen) atoms. The van der Waals surface area contributed by atoms with E-state index in [1.54, 1.807) is 42.5 Å². The molecule has 3 amide bonds. The normalized spacial score (nSPS) is 11.0. The van der Waals surface area contributed by atoms with Crippen LogP contribution >= 0.6 is 11.8 Å². The number of anilines is 2. The van der Waals surface area contributed by atoms with Crippen molar-refractivity contribution >= 4 is 46.9 Å². The van der Waals surface area contributed by atoms with Crippen molar-refractivity contribution in [2.24, 2.45) is 0 Å². The Balaban J connectivity index is 1.27. The van der Waals surface area contributed by atoms with Crippen molar-refractivity contribution in [2.45, 2.75) is 31.8 Å². The van der Waals surface area contributed by atoms with E-state index in [0.29, 0.717) is 29.2 Å². The zero-order valence-corrected chi connectivity index (χ0v) is 27.7. The first-order chi connectivity index (χ1) is 23.4. The van der Waals surface area contributed by atoms with Gasteiger partial charge in [-0.3, -0.25) is 14.4 Å². The van der Waals surface area contributed by atoms with E-state index in [2.05, 4.69) is 22.9 Å². The van der Waals surface area contributed by atoms with Gasteiger partial charge >= 0.3 is 0 Å². The number of aryl methyl sites for hydroxylation is 2. The smallest absolute Gasteiger partial charge is 0.272 e. The number of carbonyl (C=O) groups excluding carboxylic acids is 3. The molecule has 0 atom stereocenters. The lowest BCUT2D eigenvalue weighted by atomic mass is 10.1. The average molecular weight is 656 g/mol. The highest BCUT2D eigenvalue weighted by Gasteiger charge is 2.16. The van der Waals surface area contributed by atoms with Crippen LogP contribution in [0.25, 0.3) is 6.08 Å². The maximum absolute atomic E-state index is 13.6. The number of hydrogen-bond donors (Lipinski definition) is 3. The summed E-state index contributed by atoms with van der Waals surface area (Å²) < 4.78 is 5.90. The van der Waals surface area contributed by atoms with Crippen LogP contribution in [0.2, 0.25) is 0 Å². The van der Waals surface area contributed by atoms with E-state index in [0.717, 1.165) is 33.7 Å². The first-order valence-electron chi connectivity index (χ1n) is 15.7. The molecule has 7 nitrogen and oxygen atoms in total. The molecule has 0 aliphatic rings. The van der Waals surface area contributed by atoms with Crippen LogP contribution in [0.5, 0.6) is 5.75 Å². The predicted octanol–water partition coefficient (Wildman–Crippen LogP) is 8.28. The molecule has 0 aliphatic carbocycles. The fourth-order valence-corrected chi connectivity index (χ4v) is 5.65. The average Bonchev–Trinajstić information content (AvgIpc) is 3.12. The van der Waals surface area contributed by atoms with Crippen molar-refractivity contribution in [3.63, 3.8) is 0 Å². The number of ether oxygens (including phenoxy) is 1. The van der Waals surface area contributed by atoms with Crippen LogP contribution in [0, 0.1) is 6.92 Å². The maximum Gasteiger partial charge on any atom is 0.272 e. The highest BCUT2D eigenvalue weighted by atomic mass is 32.2. The van der Waals surface area contributed by atoms with Crippen LogP contribution < -0.4 is 20.7 Å². The zero-order chi connectivity index (χ0) is 33.7. The molecule has 0 aromatic heterocycles. The van der Waals surface area contributed by atoms with Crippen LogP contribution in [0.15, 0.2) is 138 Å². The summed E-state index contributed by atoms with van der Waals surface area (Å²) in [7, 11) is 0. The Morgan fingerprint density at radius 2 is 1.48 bits per heavy atom. The summed E-state index contributed by atoms with van der Waals surface area (Å²) in [5.41, 5.74) is 5.76. The molecular weight excluding hydrogens is 619 g/mol. The minimum atomic E-state index is -0.491. The standard InChI is InChI=1S/C40H37N3O4S/c1-3-31-17-10-12-28(2)38(31)43-37(44)27-48-35-19-11-18-33(25-35)41-40(46)36(42-39(45)32-15-8-5-9-16-32)24-29-20-22-34(23-21-29)47-26-30-13-6-4-7-14-30/h4-25H,3,26-27H2,1-2H3,(H,41,46)(H,42,45)(H,43,44)/b36-24+. The van der Waals surface area contributed by atoms with E-state index in [-0.39, 0.29) is 17.4 Å². The molecule has 0 aliphatic heterocycles. The molecule has 3 N–H and O–H groups in total. The first kappa shape index (κ1) is 33.8. The summed E-state index contributed by atoms with van der Waals surface area (Å²) in [6.07, 6.45) is 2.44. The van der Waals surface area contributed by atoms with E-state index in [1.165, 1.54) is 11.8 Å². The molecule has 5 aromatic rings. The molecular formula is C40H37N3O4S. The van der Waals surface area contributed by atoms with Crippen molar-refractivity contribution in [2.75, 3.05) is 16.4 Å². The lowest BCUT2D eigenvalue weighted by Crippen LogP contribution is -2.30. The SMILES string of the molecule is CCc1cccc(C)c1NC(=O)CSc1cccc(NC(=O)/C(=C\c2ccc(OCc3ccccc3)cc2)NC(=O)c2ccccc2)c1. The Hall–Kier alpha value is -5.60. The number of carbonyl (C=O) groups is 3. The van der Waals surface area contributed by atoms with Gasteiger partial charge in [0.2, 0.25) is 5.91 Å². The Morgan fingerprint density at radius 1 is 0.771 bits per heavy atom. The summed E-state index contributed by atoms with van der Waals surface area (Å²) in [5.74, 6) is -0.116. The fraction of sp³-hybridized carbons (Fsp3) is 0.125. The van der Waals surface area contributed by atoms with Gasteiger partial charge in [0.25, 0.3) is 11.8 Å². The predicted molar refractivity (Wildman–Crippen MR) is 194 cm³/mol. The fourth-order valence-electron chi connectivity index (χ4n) is 4.90. The molecule has 0 fully saturated rings. The van der Waals surface area contributed by atoms with Gasteiger partial charge in [0.1, 0.15) is 18.1 Å². The van der Waals surface area contributed by atoms with Crippen LogP contribution in [-0.2, 0) is 22.6 Å². The van der Waals surface area contributed by atoms with Gasteiger partial charge in [-0.15, -0.1) is 11.8 Å². The number of amides is 3. The number of rotatable bonds is 13. The van der Waals surface area contributed by atoms with Crippen LogP contribution in [0.4, 0.5) is 11.4 Å². The number of nitrogens with one attached hydrogen (secondary N) is 3. The van der Waals surface area contributed by atoms with Crippen LogP contribution in [0.1, 0.15) is 39.5 Å². The molecule has 0 spiro atoms. The van der Waals surface area contributed by atoms with E-state index in [1.807, 2.05) is 97.9 Å². The van der Waals surface area contributed by atoms with E-state index in [4.69, 9.17) is 4.74 Å². The Kier molecular flexibility index (Phi) is 11.8. The Morgan fingerprint density at radius 3 is 2.21 bits per heavy atom. The third kappa shape index (κ3) is 9.70. The Bertz CT molecular complexity index is 1890. The van der Waals surface area contributed by atoms with Crippen LogP contribution in [-0.4, -0.2) is 23.5 Å². The van der Waals surface area contributed by atoms with Gasteiger partial charge < -0.3 is 20.7 Å². The highest BCUT2D eigenvalue weighted by molar-refractivity contribution is 8.00. The van der Waals surface area contributed by atoms with Crippen molar-refractivity contribution in [3.8, 4) is 5.75 Å². The number of para-hydroxylation sites is 1. The minimum Gasteiger partial charge on any atom is -0.489 e. The van der Waals surface area contributed by atoms with Crippen molar-refractivity contribution in [1.29, 1.82) is 0 Å². The molecule has 5 rings (SSSR count). The summed E-state index contributed by atoms with van der Waals surface area (Å²) in [6.45, 7) is 4.48. The van der Waals surface area contributed by atoms with E-state index in [9.17, 15) is 14.4 Å². The highest BCUT2D eigenvalue weighted by Crippen LogP contribution is 2.25. The molecule has 0 bridgehead atoms. The molecule has 0 unspecified atom stereocenters. The maximum atomic E-state index is 13.6. The summed E-state index contributed by atoms with van der Waals surface area (Å²) in [4.78, 5) is 40.3. The second-order valence-electron chi connectivity index (χ2n) is 11.0. The molecule has 242 valence electrons. The van der Waals surface area contributed by atoms with Gasteiger partial charge in [0.05, 0.1) is 5.75 Å². The lowest BCUT2D eigenvalue weighted by molar-refractivity contribution is -0.114. The summed E-state index contributed by atoms with van der Waals surface area (Å²) >= 11 is 1.37. The number of benzene rings is 5. The van der Waals surface area contributed by atoms with Gasteiger partial charge in [-0.1, -0.05) is 91.9 Å². The second-order valence-corrected chi connectivity index (χ2v) is 12.1. The Labute approximate surface area is 285 Å². The first-order valence-corrected chi connectivity index (χ1v) is 16.6. The van der Waals surface area contributed by atoms with Crippen molar-refractivity contribution < 1.29 is 19.1 Å². The zero-order valence-electron chi connectivity index (χ0n) is 26.9. The number of thioether (sulfide) groups is 1. The monoisotopic (exact) mass is 655 g/mol. The van der Waals surface area contributed by atoms with E-state index < -0.39 is 11.8 Å². The third-order valence-electron chi connectivity index (χ3n) is 7.43. The van der Waals surface area contributed by atoms with Crippen LogP contribution in [0.3, 0.4) is 0 Å². The van der Waals surface area contributed by atoms with Crippen molar-refractivity contribution in [1.82, 2.24) is 5.32 Å². The minimum absolute atomic E-state index is 0.0733. The molecule has 5 aromatic carbocycles. The number of hydrogen-bond acceptors (Lipinski definition) is 5.